The highest BCUT2D eigenvalue weighted by Crippen LogP contribution is 2.32. The second-order valence-corrected chi connectivity index (χ2v) is 4.23. The summed E-state index contributed by atoms with van der Waals surface area (Å²) in [5.74, 6) is 0.863. The van der Waals surface area contributed by atoms with Crippen LogP contribution in [0.1, 0.15) is 42.4 Å². The number of hydrogen-bond donors (Lipinski definition) is 0. The Labute approximate surface area is 85.1 Å². The first kappa shape index (κ1) is 9.45. The zero-order chi connectivity index (χ0) is 10.1. The van der Waals surface area contributed by atoms with E-state index in [0.29, 0.717) is 18.1 Å². The van der Waals surface area contributed by atoms with Gasteiger partial charge in [-0.3, -0.25) is 4.79 Å². The highest BCUT2D eigenvalue weighted by atomic mass is 16.1. The van der Waals surface area contributed by atoms with Crippen molar-refractivity contribution in [2.75, 3.05) is 0 Å². The summed E-state index contributed by atoms with van der Waals surface area (Å²) in [5, 5.41) is 0. The lowest BCUT2D eigenvalue weighted by Gasteiger charge is -2.23. The molecule has 1 atom stereocenters. The summed E-state index contributed by atoms with van der Waals surface area (Å²) in [6, 6.07) is 6.51. The number of fused-ring (bicyclic) bond motifs is 1. The molecule has 0 radical (unpaired) electrons. The molecule has 74 valence electrons. The van der Waals surface area contributed by atoms with Crippen molar-refractivity contribution in [3.63, 3.8) is 0 Å². The van der Waals surface area contributed by atoms with Crippen LogP contribution in [-0.4, -0.2) is 5.78 Å². The molecule has 0 saturated carbocycles. The number of benzene rings is 1. The summed E-state index contributed by atoms with van der Waals surface area (Å²) in [5.41, 5.74) is 3.92. The van der Waals surface area contributed by atoms with Crippen molar-refractivity contribution in [3.05, 3.63) is 34.9 Å². The topological polar surface area (TPSA) is 17.1 Å². The molecule has 2 rings (SSSR count). The molecule has 0 N–H and O–H groups in total. The number of ketones is 1. The van der Waals surface area contributed by atoms with E-state index in [9.17, 15) is 4.79 Å². The Morgan fingerprint density at radius 3 is 2.93 bits per heavy atom. The predicted molar refractivity (Wildman–Crippen MR) is 57.5 cm³/mol. The summed E-state index contributed by atoms with van der Waals surface area (Å²) < 4.78 is 0. The third-order valence-corrected chi connectivity index (χ3v) is 3.09. The van der Waals surface area contributed by atoms with Crippen LogP contribution in [0.2, 0.25) is 0 Å². The van der Waals surface area contributed by atoms with Gasteiger partial charge < -0.3 is 0 Å². The van der Waals surface area contributed by atoms with Crippen molar-refractivity contribution in [3.8, 4) is 0 Å². The minimum Gasteiger partial charge on any atom is -0.299 e. The maximum atomic E-state index is 11.5. The van der Waals surface area contributed by atoms with Gasteiger partial charge in [-0.25, -0.2) is 0 Å². The van der Waals surface area contributed by atoms with Crippen LogP contribution in [0.25, 0.3) is 0 Å². The fraction of sp³-hybridized carbons (Fsp3) is 0.462. The molecule has 1 aliphatic rings. The van der Waals surface area contributed by atoms with Gasteiger partial charge in [0, 0.05) is 12.8 Å². The van der Waals surface area contributed by atoms with E-state index in [1.54, 1.807) is 0 Å². The Bertz CT molecular complexity index is 365. The molecule has 0 bridgehead atoms. The van der Waals surface area contributed by atoms with Crippen LogP contribution >= 0.6 is 0 Å². The normalized spacial score (nSPS) is 20.7. The van der Waals surface area contributed by atoms with Crippen molar-refractivity contribution in [2.24, 2.45) is 0 Å². The lowest BCUT2D eigenvalue weighted by atomic mass is 9.80. The molecule has 14 heavy (non-hydrogen) atoms. The summed E-state index contributed by atoms with van der Waals surface area (Å²) >= 11 is 0. The van der Waals surface area contributed by atoms with Gasteiger partial charge in [-0.15, -0.1) is 0 Å². The van der Waals surface area contributed by atoms with Crippen LogP contribution in [0.5, 0.6) is 0 Å². The van der Waals surface area contributed by atoms with Crippen molar-refractivity contribution < 1.29 is 4.79 Å². The fourth-order valence-corrected chi connectivity index (χ4v) is 2.32. The Morgan fingerprint density at radius 1 is 1.43 bits per heavy atom. The van der Waals surface area contributed by atoms with Crippen LogP contribution in [0, 0.1) is 6.92 Å². The van der Waals surface area contributed by atoms with Crippen LogP contribution in [0.4, 0.5) is 0 Å². The molecule has 1 unspecified atom stereocenters. The molecule has 1 nitrogen and oxygen atoms in total. The maximum absolute atomic E-state index is 11.5. The zero-order valence-corrected chi connectivity index (χ0v) is 8.84. The van der Waals surface area contributed by atoms with E-state index in [2.05, 4.69) is 32.0 Å². The van der Waals surface area contributed by atoms with E-state index in [4.69, 9.17) is 0 Å². The van der Waals surface area contributed by atoms with Crippen molar-refractivity contribution >= 4 is 5.78 Å². The summed E-state index contributed by atoms with van der Waals surface area (Å²) in [7, 11) is 0. The average molecular weight is 188 g/mol. The van der Waals surface area contributed by atoms with Gasteiger partial charge in [-0.1, -0.05) is 30.7 Å². The molecule has 0 saturated heterocycles. The lowest BCUT2D eigenvalue weighted by Crippen LogP contribution is -2.17. The summed E-state index contributed by atoms with van der Waals surface area (Å²) in [6.07, 6.45) is 2.46. The van der Waals surface area contributed by atoms with Gasteiger partial charge in [-0.05, 0) is 30.4 Å². The van der Waals surface area contributed by atoms with Gasteiger partial charge in [0.05, 0.1) is 0 Å². The second-order valence-electron chi connectivity index (χ2n) is 4.23. The first-order valence-corrected chi connectivity index (χ1v) is 5.32. The minimum atomic E-state index is 0.398. The molecule has 0 spiro atoms. The Morgan fingerprint density at radius 2 is 2.21 bits per heavy atom. The van der Waals surface area contributed by atoms with Crippen molar-refractivity contribution in [2.45, 2.75) is 39.0 Å². The minimum absolute atomic E-state index is 0.398. The molecule has 0 heterocycles. The molecule has 0 fully saturated rings. The number of carbonyl (C=O) groups excluding carboxylic acids is 1. The number of Topliss-reactive ketones (excluding diaryl/α,β-unsaturated/α-hetero) is 1. The highest BCUT2D eigenvalue weighted by molar-refractivity contribution is 5.84. The molecule has 1 aromatic carbocycles. The third kappa shape index (κ3) is 1.59. The van der Waals surface area contributed by atoms with Crippen LogP contribution in [-0.2, 0) is 11.2 Å². The number of rotatable bonds is 1. The fourth-order valence-electron chi connectivity index (χ4n) is 2.32. The van der Waals surface area contributed by atoms with E-state index < -0.39 is 0 Å². The SMILES string of the molecule is CCC1CC(=O)Cc2cc(C)ccc21. The molecule has 1 heteroatoms. The molecule has 1 aromatic rings. The first-order valence-electron chi connectivity index (χ1n) is 5.32. The van der Waals surface area contributed by atoms with E-state index in [1.165, 1.54) is 16.7 Å². The third-order valence-electron chi connectivity index (χ3n) is 3.09. The molecular weight excluding hydrogens is 172 g/mol. The van der Waals surface area contributed by atoms with Gasteiger partial charge in [0.15, 0.2) is 0 Å². The Kier molecular flexibility index (Phi) is 2.40. The summed E-state index contributed by atoms with van der Waals surface area (Å²) in [6.45, 7) is 4.24. The highest BCUT2D eigenvalue weighted by Gasteiger charge is 2.23. The standard InChI is InChI=1S/C13H16O/c1-3-10-7-12(14)8-11-6-9(2)4-5-13(10)11/h4-6,10H,3,7-8H2,1-2H3. The monoisotopic (exact) mass is 188 g/mol. The molecule has 0 aromatic heterocycles. The van der Waals surface area contributed by atoms with Crippen molar-refractivity contribution in [1.82, 2.24) is 0 Å². The molecular formula is C13H16O. The van der Waals surface area contributed by atoms with Gasteiger partial charge in [-0.2, -0.15) is 0 Å². The van der Waals surface area contributed by atoms with Crippen LogP contribution in [0.15, 0.2) is 18.2 Å². The first-order chi connectivity index (χ1) is 6.70. The second kappa shape index (κ2) is 3.56. The van der Waals surface area contributed by atoms with Gasteiger partial charge in [0.2, 0.25) is 0 Å². The van der Waals surface area contributed by atoms with Crippen LogP contribution < -0.4 is 0 Å². The van der Waals surface area contributed by atoms with E-state index in [1.807, 2.05) is 0 Å². The van der Waals surface area contributed by atoms with E-state index in [-0.39, 0.29) is 0 Å². The van der Waals surface area contributed by atoms with E-state index in [0.717, 1.165) is 12.8 Å². The quantitative estimate of drug-likeness (QED) is 0.662. The van der Waals surface area contributed by atoms with Gasteiger partial charge in [0.25, 0.3) is 0 Å². The Hall–Kier alpha value is -1.11. The number of aryl methyl sites for hydroxylation is 1. The van der Waals surface area contributed by atoms with Crippen LogP contribution in [0.3, 0.4) is 0 Å². The van der Waals surface area contributed by atoms with E-state index >= 15 is 0 Å². The molecule has 1 aliphatic carbocycles. The van der Waals surface area contributed by atoms with Gasteiger partial charge in [0.1, 0.15) is 5.78 Å². The lowest BCUT2D eigenvalue weighted by molar-refractivity contribution is -0.119. The zero-order valence-electron chi connectivity index (χ0n) is 8.84. The van der Waals surface area contributed by atoms with Crippen molar-refractivity contribution in [1.29, 1.82) is 0 Å². The molecule has 0 amide bonds. The Balaban J connectivity index is 2.45. The number of carbonyl (C=O) groups is 1. The maximum Gasteiger partial charge on any atom is 0.137 e. The number of hydrogen-bond acceptors (Lipinski definition) is 1. The smallest absolute Gasteiger partial charge is 0.137 e. The van der Waals surface area contributed by atoms with Gasteiger partial charge >= 0.3 is 0 Å². The summed E-state index contributed by atoms with van der Waals surface area (Å²) in [4.78, 5) is 11.5. The average Bonchev–Trinajstić information content (AvgIpc) is 2.15. The largest absolute Gasteiger partial charge is 0.299 e. The predicted octanol–water partition coefficient (Wildman–Crippen LogP) is 3.00. The molecule has 0 aliphatic heterocycles.